The Labute approximate surface area is 212 Å². The molecule has 2 aromatic rings. The summed E-state index contributed by atoms with van der Waals surface area (Å²) in [5, 5.41) is 9.68. The van der Waals surface area contributed by atoms with Crippen LogP contribution in [0.15, 0.2) is 29.3 Å². The Hall–Kier alpha value is -2.20. The van der Waals surface area contributed by atoms with E-state index in [2.05, 4.69) is 25.8 Å². The molecule has 0 saturated heterocycles. The second kappa shape index (κ2) is 14.4. The van der Waals surface area contributed by atoms with Gasteiger partial charge in [0.05, 0.1) is 23.4 Å². The number of hydrogen-bond donors (Lipinski definition) is 0. The number of unbranched alkanes of at least 4 members (excludes halogenated alkanes) is 6. The van der Waals surface area contributed by atoms with Crippen molar-refractivity contribution in [2.24, 2.45) is 5.92 Å². The average Bonchev–Trinajstić information content (AvgIpc) is 2.80. The van der Waals surface area contributed by atoms with E-state index in [4.69, 9.17) is 4.74 Å². The molecule has 0 saturated carbocycles. The Morgan fingerprint density at radius 1 is 1.06 bits per heavy atom. The second-order valence-electron chi connectivity index (χ2n) is 9.33. The highest BCUT2D eigenvalue weighted by Crippen LogP contribution is 2.38. The van der Waals surface area contributed by atoms with Gasteiger partial charge in [-0.2, -0.15) is 18.4 Å². The smallest absolute Gasteiger partial charge is 0.417 e. The first-order valence-electron chi connectivity index (χ1n) is 12.6. The van der Waals surface area contributed by atoms with Gasteiger partial charge in [-0.05, 0) is 61.3 Å². The molecule has 3 nitrogen and oxygen atoms in total. The molecule has 35 heavy (non-hydrogen) atoms. The molecule has 0 N–H and O–H groups in total. The molecule has 0 aliphatic rings. The van der Waals surface area contributed by atoms with Crippen LogP contribution in [0, 0.1) is 24.2 Å². The Balaban J connectivity index is 2.22. The van der Waals surface area contributed by atoms with Gasteiger partial charge in [-0.3, -0.25) is 0 Å². The summed E-state index contributed by atoms with van der Waals surface area (Å²) in [6.07, 6.45) is 4.17. The Morgan fingerprint density at radius 2 is 1.74 bits per heavy atom. The lowest BCUT2D eigenvalue weighted by molar-refractivity contribution is -0.138. The maximum atomic E-state index is 13.8. The topological polar surface area (TPSA) is 45.9 Å². The molecule has 0 unspecified atom stereocenters. The first kappa shape index (κ1) is 29.0. The maximum Gasteiger partial charge on any atom is 0.417 e. The van der Waals surface area contributed by atoms with E-state index < -0.39 is 11.7 Å². The molecular formula is C28H37F3N2OS. The van der Waals surface area contributed by atoms with Gasteiger partial charge in [0.15, 0.2) is 0 Å². The number of nitriles is 1. The predicted octanol–water partition coefficient (Wildman–Crippen LogP) is 9.22. The molecule has 0 fully saturated rings. The molecule has 0 bridgehead atoms. The summed E-state index contributed by atoms with van der Waals surface area (Å²) >= 11 is 1.24. The first-order valence-corrected chi connectivity index (χ1v) is 13.5. The molecule has 0 spiro atoms. The van der Waals surface area contributed by atoms with Crippen LogP contribution in [0.3, 0.4) is 0 Å². The van der Waals surface area contributed by atoms with Gasteiger partial charge in [0, 0.05) is 5.56 Å². The normalized spacial score (nSPS) is 11.6. The van der Waals surface area contributed by atoms with Crippen molar-refractivity contribution in [3.05, 3.63) is 41.0 Å². The Bertz CT molecular complexity index is 983. The summed E-state index contributed by atoms with van der Waals surface area (Å²) in [6.45, 7) is 8.88. The SMILES string of the molecule is CCCCCCCCCSc1nc(-c2ccc(OCCC(C)C)c(C)c2)cc(C(F)(F)F)c1C#N. The number of aryl methyl sites for hydroxylation is 1. The molecule has 0 aliphatic heterocycles. The molecule has 0 aliphatic carbocycles. The predicted molar refractivity (Wildman–Crippen MR) is 138 cm³/mol. The zero-order valence-corrected chi connectivity index (χ0v) is 22.1. The van der Waals surface area contributed by atoms with Crippen LogP contribution in [0.1, 0.15) is 88.8 Å². The van der Waals surface area contributed by atoms with Crippen LogP contribution in [0.25, 0.3) is 11.3 Å². The molecule has 1 heterocycles. The fourth-order valence-corrected chi connectivity index (χ4v) is 4.71. The van der Waals surface area contributed by atoms with E-state index in [9.17, 15) is 18.4 Å². The zero-order chi connectivity index (χ0) is 25.8. The number of benzene rings is 1. The van der Waals surface area contributed by atoms with Gasteiger partial charge in [-0.15, -0.1) is 11.8 Å². The Kier molecular flexibility index (Phi) is 11.9. The van der Waals surface area contributed by atoms with Gasteiger partial charge in [-0.25, -0.2) is 4.98 Å². The lowest BCUT2D eigenvalue weighted by Gasteiger charge is -2.15. The monoisotopic (exact) mass is 506 g/mol. The second-order valence-corrected chi connectivity index (χ2v) is 10.4. The van der Waals surface area contributed by atoms with Crippen LogP contribution in [-0.4, -0.2) is 17.3 Å². The summed E-state index contributed by atoms with van der Waals surface area (Å²) in [4.78, 5) is 4.50. The van der Waals surface area contributed by atoms with Crippen molar-refractivity contribution in [1.29, 1.82) is 5.26 Å². The highest BCUT2D eigenvalue weighted by molar-refractivity contribution is 7.99. The van der Waals surface area contributed by atoms with Gasteiger partial charge in [0.1, 0.15) is 16.8 Å². The van der Waals surface area contributed by atoms with Crippen LogP contribution >= 0.6 is 11.8 Å². The molecule has 2 rings (SSSR count). The lowest BCUT2D eigenvalue weighted by Crippen LogP contribution is -2.10. The van der Waals surface area contributed by atoms with Crippen molar-refractivity contribution in [1.82, 2.24) is 4.98 Å². The fraction of sp³-hybridized carbons (Fsp3) is 0.571. The van der Waals surface area contributed by atoms with Gasteiger partial charge in [0.2, 0.25) is 0 Å². The van der Waals surface area contributed by atoms with Crippen LogP contribution in [0.2, 0.25) is 0 Å². The number of halogens is 3. The van der Waals surface area contributed by atoms with Gasteiger partial charge < -0.3 is 4.74 Å². The minimum Gasteiger partial charge on any atom is -0.493 e. The van der Waals surface area contributed by atoms with Crippen molar-refractivity contribution >= 4 is 11.8 Å². The number of alkyl halides is 3. The molecule has 1 aromatic carbocycles. The van der Waals surface area contributed by atoms with Crippen LogP contribution in [0.5, 0.6) is 5.75 Å². The van der Waals surface area contributed by atoms with Gasteiger partial charge >= 0.3 is 6.18 Å². The fourth-order valence-electron chi connectivity index (χ4n) is 3.71. The van der Waals surface area contributed by atoms with Crippen molar-refractivity contribution in [2.45, 2.75) is 90.3 Å². The summed E-state index contributed by atoms with van der Waals surface area (Å²) in [5.41, 5.74) is 0.312. The quantitative estimate of drug-likeness (QED) is 0.189. The lowest BCUT2D eigenvalue weighted by atomic mass is 10.0. The maximum absolute atomic E-state index is 13.8. The summed E-state index contributed by atoms with van der Waals surface area (Å²) in [6, 6.07) is 8.05. The number of ether oxygens (including phenoxy) is 1. The minimum absolute atomic E-state index is 0.151. The number of thioether (sulfide) groups is 1. The van der Waals surface area contributed by atoms with E-state index in [1.807, 2.05) is 6.92 Å². The third kappa shape index (κ3) is 9.40. The molecular weight excluding hydrogens is 469 g/mol. The van der Waals surface area contributed by atoms with E-state index in [0.717, 1.165) is 37.3 Å². The third-order valence-electron chi connectivity index (χ3n) is 5.81. The summed E-state index contributed by atoms with van der Waals surface area (Å²) in [7, 11) is 0. The van der Waals surface area contributed by atoms with E-state index in [1.165, 1.54) is 37.4 Å². The van der Waals surface area contributed by atoms with Crippen molar-refractivity contribution in [3.63, 3.8) is 0 Å². The number of pyridine rings is 1. The first-order chi connectivity index (χ1) is 16.7. The molecule has 1 aromatic heterocycles. The van der Waals surface area contributed by atoms with Crippen molar-refractivity contribution in [2.75, 3.05) is 12.4 Å². The Morgan fingerprint density at radius 3 is 2.34 bits per heavy atom. The van der Waals surface area contributed by atoms with E-state index in [-0.39, 0.29) is 16.3 Å². The largest absolute Gasteiger partial charge is 0.493 e. The van der Waals surface area contributed by atoms with Crippen LogP contribution in [0.4, 0.5) is 13.2 Å². The average molecular weight is 507 g/mol. The van der Waals surface area contributed by atoms with Gasteiger partial charge in [-0.1, -0.05) is 59.3 Å². The van der Waals surface area contributed by atoms with Gasteiger partial charge in [0.25, 0.3) is 0 Å². The third-order valence-corrected chi connectivity index (χ3v) is 6.88. The number of nitrogens with zero attached hydrogens (tertiary/aromatic N) is 2. The molecule has 0 amide bonds. The van der Waals surface area contributed by atoms with Crippen LogP contribution in [-0.2, 0) is 6.18 Å². The number of aromatic nitrogens is 1. The highest BCUT2D eigenvalue weighted by Gasteiger charge is 2.36. The standard InChI is InChI=1S/C28H37F3N2OS/c1-5-6-7-8-9-10-11-16-35-27-23(19-32)24(28(29,30)31)18-25(33-27)22-12-13-26(21(4)17-22)34-15-14-20(2)3/h12-13,17-18,20H,5-11,14-16H2,1-4H3. The zero-order valence-electron chi connectivity index (χ0n) is 21.3. The number of hydrogen-bond acceptors (Lipinski definition) is 4. The van der Waals surface area contributed by atoms with Crippen LogP contribution < -0.4 is 4.74 Å². The van der Waals surface area contributed by atoms with E-state index in [1.54, 1.807) is 24.3 Å². The highest BCUT2D eigenvalue weighted by atomic mass is 32.2. The molecule has 0 atom stereocenters. The molecule has 0 radical (unpaired) electrons. The number of rotatable bonds is 14. The van der Waals surface area contributed by atoms with Crippen molar-refractivity contribution in [3.8, 4) is 23.1 Å². The summed E-state index contributed by atoms with van der Waals surface area (Å²) in [5.74, 6) is 1.88. The van der Waals surface area contributed by atoms with Crippen molar-refractivity contribution < 1.29 is 17.9 Å². The van der Waals surface area contributed by atoms with E-state index >= 15 is 0 Å². The minimum atomic E-state index is -4.63. The molecule has 7 heteroatoms. The molecule has 192 valence electrons. The van der Waals surface area contributed by atoms with E-state index in [0.29, 0.717) is 29.6 Å². The summed E-state index contributed by atoms with van der Waals surface area (Å²) < 4.78 is 47.4.